The van der Waals surface area contributed by atoms with Crippen molar-refractivity contribution in [2.45, 2.75) is 6.92 Å². The smallest absolute Gasteiger partial charge is 0.259 e. The minimum atomic E-state index is -0.332. The molecule has 0 saturated heterocycles. The summed E-state index contributed by atoms with van der Waals surface area (Å²) in [5.41, 5.74) is 3.75. The van der Waals surface area contributed by atoms with Gasteiger partial charge in [0.1, 0.15) is 17.0 Å². The number of phenolic OH excluding ortho intramolecular Hbond substituents is 1. The number of phenols is 1. The van der Waals surface area contributed by atoms with Gasteiger partial charge in [-0.15, -0.1) is 0 Å². The van der Waals surface area contributed by atoms with Crippen LogP contribution >= 0.6 is 0 Å². The van der Waals surface area contributed by atoms with Crippen molar-refractivity contribution in [2.75, 3.05) is 12.4 Å². The number of nitrogens with one attached hydrogen (secondary N) is 1. The van der Waals surface area contributed by atoms with E-state index in [1.807, 2.05) is 25.1 Å². The van der Waals surface area contributed by atoms with E-state index in [1.165, 1.54) is 13.2 Å². The van der Waals surface area contributed by atoms with Crippen molar-refractivity contribution < 1.29 is 19.1 Å². The van der Waals surface area contributed by atoms with E-state index >= 15 is 0 Å². The number of para-hydroxylation sites is 1. The van der Waals surface area contributed by atoms with Crippen molar-refractivity contribution in [1.82, 2.24) is 4.98 Å². The highest BCUT2D eigenvalue weighted by Crippen LogP contribution is 2.33. The number of benzene rings is 3. The summed E-state index contributed by atoms with van der Waals surface area (Å²) in [7, 11) is 1.51. The molecule has 0 spiro atoms. The number of aromatic nitrogens is 1. The predicted molar refractivity (Wildman–Crippen MR) is 107 cm³/mol. The van der Waals surface area contributed by atoms with Crippen LogP contribution in [-0.4, -0.2) is 23.1 Å². The van der Waals surface area contributed by atoms with Crippen LogP contribution in [0.25, 0.3) is 22.6 Å². The number of carbonyl (C=O) groups is 1. The Bertz CT molecular complexity index is 1180. The van der Waals surface area contributed by atoms with Crippen LogP contribution in [0.2, 0.25) is 0 Å². The second-order valence-corrected chi connectivity index (χ2v) is 6.38. The van der Waals surface area contributed by atoms with Gasteiger partial charge >= 0.3 is 0 Å². The molecule has 140 valence electrons. The van der Waals surface area contributed by atoms with Crippen LogP contribution in [-0.2, 0) is 0 Å². The number of anilines is 1. The first-order valence-corrected chi connectivity index (χ1v) is 8.70. The maximum Gasteiger partial charge on any atom is 0.259 e. The van der Waals surface area contributed by atoms with Gasteiger partial charge in [-0.05, 0) is 48.9 Å². The molecule has 28 heavy (non-hydrogen) atoms. The standard InChI is InChI=1S/C22H18N2O4/c1-13-7-10-20-17(11-13)24-22(28-20)15-9-8-14(12-18(15)25)23-21(26)16-5-3-4-6-19(16)27-2/h3-12,25H,1-2H3,(H,23,26). The van der Waals surface area contributed by atoms with E-state index < -0.39 is 0 Å². The zero-order valence-electron chi connectivity index (χ0n) is 15.4. The Labute approximate surface area is 161 Å². The van der Waals surface area contributed by atoms with Gasteiger partial charge in [-0.1, -0.05) is 18.2 Å². The van der Waals surface area contributed by atoms with Gasteiger partial charge in [0.15, 0.2) is 5.58 Å². The van der Waals surface area contributed by atoms with Crippen molar-refractivity contribution in [3.8, 4) is 23.0 Å². The number of nitrogens with zero attached hydrogens (tertiary/aromatic N) is 1. The Kier molecular flexibility index (Phi) is 4.45. The lowest BCUT2D eigenvalue weighted by atomic mass is 10.1. The molecule has 0 radical (unpaired) electrons. The van der Waals surface area contributed by atoms with Crippen molar-refractivity contribution in [2.24, 2.45) is 0 Å². The summed E-state index contributed by atoms with van der Waals surface area (Å²) in [6.45, 7) is 1.98. The number of amides is 1. The Morgan fingerprint density at radius 2 is 1.93 bits per heavy atom. The third-order valence-electron chi connectivity index (χ3n) is 4.38. The van der Waals surface area contributed by atoms with Gasteiger partial charge in [-0.25, -0.2) is 4.98 Å². The molecule has 0 fully saturated rings. The monoisotopic (exact) mass is 374 g/mol. The molecule has 0 unspecified atom stereocenters. The Balaban J connectivity index is 1.61. The summed E-state index contributed by atoms with van der Waals surface area (Å²) in [5, 5.41) is 13.2. The fraction of sp³-hybridized carbons (Fsp3) is 0.0909. The third-order valence-corrected chi connectivity index (χ3v) is 4.38. The number of hydrogen-bond donors (Lipinski definition) is 2. The number of carbonyl (C=O) groups excluding carboxylic acids is 1. The second kappa shape index (κ2) is 7.08. The van der Waals surface area contributed by atoms with E-state index in [0.717, 1.165) is 11.1 Å². The molecular weight excluding hydrogens is 356 g/mol. The lowest BCUT2D eigenvalue weighted by Crippen LogP contribution is -2.13. The first kappa shape index (κ1) is 17.6. The number of ether oxygens (including phenoxy) is 1. The number of rotatable bonds is 4. The summed E-state index contributed by atoms with van der Waals surface area (Å²) in [4.78, 5) is 16.9. The maximum atomic E-state index is 12.5. The van der Waals surface area contributed by atoms with Crippen LogP contribution in [0.4, 0.5) is 5.69 Å². The molecule has 0 aliphatic carbocycles. The molecule has 0 atom stereocenters. The maximum absolute atomic E-state index is 12.5. The van der Waals surface area contributed by atoms with Crippen LogP contribution in [0.15, 0.2) is 65.1 Å². The van der Waals surface area contributed by atoms with Crippen molar-refractivity contribution >= 4 is 22.7 Å². The van der Waals surface area contributed by atoms with Crippen molar-refractivity contribution in [1.29, 1.82) is 0 Å². The lowest BCUT2D eigenvalue weighted by Gasteiger charge is -2.10. The number of oxazole rings is 1. The van der Waals surface area contributed by atoms with Gasteiger partial charge < -0.3 is 19.6 Å². The van der Waals surface area contributed by atoms with Crippen LogP contribution in [0.5, 0.6) is 11.5 Å². The van der Waals surface area contributed by atoms with Crippen molar-refractivity contribution in [3.63, 3.8) is 0 Å². The van der Waals surface area contributed by atoms with Gasteiger partial charge in [0, 0.05) is 11.8 Å². The molecule has 1 heterocycles. The second-order valence-electron chi connectivity index (χ2n) is 6.38. The predicted octanol–water partition coefficient (Wildman–Crippen LogP) is 4.77. The third kappa shape index (κ3) is 3.27. The van der Waals surface area contributed by atoms with E-state index in [-0.39, 0.29) is 11.7 Å². The minimum Gasteiger partial charge on any atom is -0.507 e. The molecule has 2 N–H and O–H groups in total. The number of aryl methyl sites for hydroxylation is 1. The lowest BCUT2D eigenvalue weighted by molar-refractivity contribution is 0.102. The quantitative estimate of drug-likeness (QED) is 0.537. The molecule has 0 aliphatic heterocycles. The summed E-state index contributed by atoms with van der Waals surface area (Å²) < 4.78 is 10.9. The molecular formula is C22H18N2O4. The van der Waals surface area contributed by atoms with E-state index in [2.05, 4.69) is 10.3 Å². The van der Waals surface area contributed by atoms with Crippen LogP contribution in [0.1, 0.15) is 15.9 Å². The molecule has 4 aromatic rings. The summed E-state index contributed by atoms with van der Waals surface area (Å²) in [6, 6.07) is 17.4. The Morgan fingerprint density at radius 1 is 1.11 bits per heavy atom. The van der Waals surface area contributed by atoms with Crippen LogP contribution in [0.3, 0.4) is 0 Å². The first-order chi connectivity index (χ1) is 13.5. The highest BCUT2D eigenvalue weighted by atomic mass is 16.5. The van der Waals surface area contributed by atoms with Crippen molar-refractivity contribution in [3.05, 3.63) is 71.8 Å². The minimum absolute atomic E-state index is 0.0406. The van der Waals surface area contributed by atoms with Gasteiger partial charge in [0.2, 0.25) is 5.89 Å². The molecule has 0 bridgehead atoms. The molecule has 0 aliphatic rings. The zero-order chi connectivity index (χ0) is 19.7. The van der Waals surface area contributed by atoms with Crippen LogP contribution < -0.4 is 10.1 Å². The highest BCUT2D eigenvalue weighted by molar-refractivity contribution is 6.06. The van der Waals surface area contributed by atoms with E-state index in [1.54, 1.807) is 36.4 Å². The Morgan fingerprint density at radius 3 is 2.71 bits per heavy atom. The average molecular weight is 374 g/mol. The van der Waals surface area contributed by atoms with E-state index in [9.17, 15) is 9.90 Å². The summed E-state index contributed by atoms with van der Waals surface area (Å²) in [5.74, 6) is 0.423. The molecule has 3 aromatic carbocycles. The van der Waals surface area contributed by atoms with Gasteiger partial charge in [0.05, 0.1) is 18.2 Å². The molecule has 6 heteroatoms. The highest BCUT2D eigenvalue weighted by Gasteiger charge is 2.15. The number of methoxy groups -OCH3 is 1. The Hall–Kier alpha value is -3.80. The SMILES string of the molecule is COc1ccccc1C(=O)Nc1ccc(-c2nc3cc(C)ccc3o2)c(O)c1. The number of fused-ring (bicyclic) bond motifs is 1. The molecule has 6 nitrogen and oxygen atoms in total. The average Bonchev–Trinajstić information content (AvgIpc) is 3.10. The zero-order valence-corrected chi connectivity index (χ0v) is 15.4. The number of hydrogen-bond acceptors (Lipinski definition) is 5. The topological polar surface area (TPSA) is 84.6 Å². The summed E-state index contributed by atoms with van der Waals surface area (Å²) >= 11 is 0. The normalized spacial score (nSPS) is 10.8. The molecule has 0 saturated carbocycles. The fourth-order valence-corrected chi connectivity index (χ4v) is 2.97. The summed E-state index contributed by atoms with van der Waals surface area (Å²) in [6.07, 6.45) is 0. The largest absolute Gasteiger partial charge is 0.507 e. The first-order valence-electron chi connectivity index (χ1n) is 8.70. The molecule has 1 aromatic heterocycles. The van der Waals surface area contributed by atoms with E-state index in [4.69, 9.17) is 9.15 Å². The van der Waals surface area contributed by atoms with E-state index in [0.29, 0.717) is 34.0 Å². The molecule has 1 amide bonds. The van der Waals surface area contributed by atoms with Crippen LogP contribution in [0, 0.1) is 6.92 Å². The number of aromatic hydroxyl groups is 1. The van der Waals surface area contributed by atoms with Gasteiger partial charge in [-0.2, -0.15) is 0 Å². The van der Waals surface area contributed by atoms with Gasteiger partial charge in [0.25, 0.3) is 5.91 Å². The van der Waals surface area contributed by atoms with Gasteiger partial charge in [-0.3, -0.25) is 4.79 Å². The molecule has 4 rings (SSSR count). The fourth-order valence-electron chi connectivity index (χ4n) is 2.97.